The number of hydrogen-bond acceptors (Lipinski definition) is 1. The van der Waals surface area contributed by atoms with Crippen LogP contribution in [0.4, 0.5) is 0 Å². The van der Waals surface area contributed by atoms with Crippen LogP contribution in [0.2, 0.25) is 0 Å². The molecule has 0 radical (unpaired) electrons. The van der Waals surface area contributed by atoms with Crippen molar-refractivity contribution in [2.45, 2.75) is 0 Å². The minimum atomic E-state index is 0. The first kappa shape index (κ1) is 18.6. The molecule has 0 fully saturated rings. The molecule has 0 aliphatic carbocycles. The van der Waals surface area contributed by atoms with Gasteiger partial charge in [-0.2, -0.15) is 0 Å². The number of primary amides is 1. The summed E-state index contributed by atoms with van der Waals surface area (Å²) in [5.41, 5.74) is 4.17. The summed E-state index contributed by atoms with van der Waals surface area (Å²) in [4.78, 5) is 8.58. The summed E-state index contributed by atoms with van der Waals surface area (Å²) in [7, 11) is 0. The highest BCUT2D eigenvalue weighted by Crippen LogP contribution is 0.798. The van der Waals surface area contributed by atoms with E-state index in [1.165, 1.54) is 0 Å². The zero-order chi connectivity index (χ0) is 2.71. The standard InChI is InChI=1S/CH3NO.Al.ClH.3H/c2-1-3;;;;;/h1H,(H2,2,3);;1H;;;. The summed E-state index contributed by atoms with van der Waals surface area (Å²) in [5.74, 6) is 0. The van der Waals surface area contributed by atoms with E-state index in [1.54, 1.807) is 0 Å². The summed E-state index contributed by atoms with van der Waals surface area (Å²) in [5, 5.41) is 0. The van der Waals surface area contributed by atoms with Crippen molar-refractivity contribution in [3.8, 4) is 0 Å². The molecule has 0 rings (SSSR count). The van der Waals surface area contributed by atoms with Crippen LogP contribution in [-0.2, 0) is 4.79 Å². The monoisotopic (exact) mass is 111 g/mol. The van der Waals surface area contributed by atoms with E-state index in [4.69, 9.17) is 4.79 Å². The molecule has 32 valence electrons. The Morgan fingerprint density at radius 3 is 1.60 bits per heavy atom. The van der Waals surface area contributed by atoms with Crippen molar-refractivity contribution in [1.29, 1.82) is 0 Å². The Bertz CT molecular complexity index is 19.1. The van der Waals surface area contributed by atoms with Crippen molar-refractivity contribution in [3.05, 3.63) is 0 Å². The average Bonchev–Trinajstić information content (AvgIpc) is 0.918. The van der Waals surface area contributed by atoms with Gasteiger partial charge in [-0.1, -0.05) is 0 Å². The molecule has 2 N–H and O–H groups in total. The van der Waals surface area contributed by atoms with Gasteiger partial charge in [-0.3, -0.25) is 4.79 Å². The zero-order valence-electron chi connectivity index (χ0n) is 1.97. The van der Waals surface area contributed by atoms with Crippen molar-refractivity contribution in [3.63, 3.8) is 0 Å². The van der Waals surface area contributed by atoms with Crippen LogP contribution in [0.25, 0.3) is 0 Å². The van der Waals surface area contributed by atoms with Crippen LogP contribution in [0.15, 0.2) is 0 Å². The van der Waals surface area contributed by atoms with Gasteiger partial charge in [-0.05, 0) is 0 Å². The van der Waals surface area contributed by atoms with E-state index in [9.17, 15) is 0 Å². The molecule has 0 aromatic heterocycles. The van der Waals surface area contributed by atoms with Crippen molar-refractivity contribution >= 4 is 36.2 Å². The van der Waals surface area contributed by atoms with Crippen LogP contribution in [0.5, 0.6) is 0 Å². The van der Waals surface area contributed by atoms with E-state index in [-0.39, 0.29) is 36.2 Å². The Morgan fingerprint density at radius 2 is 1.60 bits per heavy atom. The Hall–Kier alpha value is 0.292. The molecular formula is CH7AlClNO. The van der Waals surface area contributed by atoms with Crippen LogP contribution in [-0.4, -0.2) is 23.8 Å². The molecule has 0 aliphatic heterocycles. The quantitative estimate of drug-likeness (QED) is 0.295. The highest BCUT2D eigenvalue weighted by atomic mass is 35.5. The maximum Gasteiger partial charge on any atom is 0.204 e. The van der Waals surface area contributed by atoms with Gasteiger partial charge in [-0.15, -0.1) is 12.4 Å². The second-order valence-corrected chi connectivity index (χ2v) is 0.136. The van der Waals surface area contributed by atoms with Crippen molar-refractivity contribution in [1.82, 2.24) is 0 Å². The molecule has 4 heteroatoms. The van der Waals surface area contributed by atoms with E-state index in [0.29, 0.717) is 0 Å². The molecule has 0 atom stereocenters. The van der Waals surface area contributed by atoms with Gasteiger partial charge in [0.2, 0.25) is 6.41 Å². The van der Waals surface area contributed by atoms with Crippen molar-refractivity contribution < 1.29 is 4.79 Å². The van der Waals surface area contributed by atoms with Gasteiger partial charge in [0.05, 0.1) is 0 Å². The van der Waals surface area contributed by atoms with Crippen LogP contribution in [0.3, 0.4) is 0 Å². The molecule has 0 spiro atoms. The summed E-state index contributed by atoms with van der Waals surface area (Å²) in [6, 6.07) is 0. The zero-order valence-corrected chi connectivity index (χ0v) is 2.79. The van der Waals surface area contributed by atoms with Crippen molar-refractivity contribution in [2.24, 2.45) is 5.73 Å². The number of carbonyl (C=O) groups excluding carboxylic acids is 1. The number of amides is 1. The predicted molar refractivity (Wildman–Crippen MR) is 27.4 cm³/mol. The summed E-state index contributed by atoms with van der Waals surface area (Å²) < 4.78 is 0. The second-order valence-electron chi connectivity index (χ2n) is 0.136. The first-order valence-electron chi connectivity index (χ1n) is 0.569. The average molecular weight is 112 g/mol. The van der Waals surface area contributed by atoms with Gasteiger partial charge in [0.1, 0.15) is 0 Å². The third kappa shape index (κ3) is 264. The van der Waals surface area contributed by atoms with E-state index in [0.717, 1.165) is 0 Å². The lowest BCUT2D eigenvalue weighted by Gasteiger charge is -1.32. The number of carbonyl (C=O) groups is 1. The fraction of sp³-hybridized carbons (Fsp3) is 0. The van der Waals surface area contributed by atoms with E-state index in [2.05, 4.69) is 5.73 Å². The fourth-order valence-corrected chi connectivity index (χ4v) is 0. The molecule has 0 heterocycles. The molecule has 0 unspecified atom stereocenters. The van der Waals surface area contributed by atoms with Crippen LogP contribution < -0.4 is 5.73 Å². The third-order valence-electron chi connectivity index (χ3n) is 0. The molecule has 0 saturated carbocycles. The maximum atomic E-state index is 8.58. The summed E-state index contributed by atoms with van der Waals surface area (Å²) in [6.45, 7) is 0. The predicted octanol–water partition coefficient (Wildman–Crippen LogP) is -1.66. The number of halogens is 1. The van der Waals surface area contributed by atoms with Gasteiger partial charge in [-0.25, -0.2) is 0 Å². The molecule has 0 bridgehead atoms. The Labute approximate surface area is 47.3 Å². The molecule has 5 heavy (non-hydrogen) atoms. The number of hydrogen-bond donors (Lipinski definition) is 1. The van der Waals surface area contributed by atoms with Gasteiger partial charge < -0.3 is 5.73 Å². The highest BCUT2D eigenvalue weighted by Gasteiger charge is 1.19. The molecule has 0 saturated heterocycles. The molecule has 0 aromatic carbocycles. The Morgan fingerprint density at radius 1 is 1.60 bits per heavy atom. The van der Waals surface area contributed by atoms with Crippen molar-refractivity contribution in [2.75, 3.05) is 0 Å². The third-order valence-corrected chi connectivity index (χ3v) is 0. The topological polar surface area (TPSA) is 43.1 Å². The SMILES string of the molecule is Cl.NC=O.[AlH3]. The Balaban J connectivity index is -0.0000000200. The minimum absolute atomic E-state index is 0. The first-order valence-corrected chi connectivity index (χ1v) is 0.569. The molecular weight excluding hydrogens is 104 g/mol. The van der Waals surface area contributed by atoms with Gasteiger partial charge in [0, 0.05) is 0 Å². The number of nitrogens with two attached hydrogens (primary N) is 1. The van der Waals surface area contributed by atoms with Crippen LogP contribution >= 0.6 is 12.4 Å². The lowest BCUT2D eigenvalue weighted by atomic mass is 11.5. The molecule has 1 amide bonds. The lowest BCUT2D eigenvalue weighted by Crippen LogP contribution is -1.82. The largest absolute Gasteiger partial charge is 0.372 e. The molecule has 0 aromatic rings. The lowest BCUT2D eigenvalue weighted by molar-refractivity contribution is -0.106. The van der Waals surface area contributed by atoms with Crippen LogP contribution in [0, 0.1) is 0 Å². The van der Waals surface area contributed by atoms with E-state index < -0.39 is 0 Å². The smallest absolute Gasteiger partial charge is 0.204 e. The van der Waals surface area contributed by atoms with Gasteiger partial charge in [0.25, 0.3) is 0 Å². The first-order chi connectivity index (χ1) is 1.41. The van der Waals surface area contributed by atoms with E-state index >= 15 is 0 Å². The fourth-order valence-electron chi connectivity index (χ4n) is 0. The summed E-state index contributed by atoms with van der Waals surface area (Å²) >= 11 is 0. The maximum absolute atomic E-state index is 8.58. The van der Waals surface area contributed by atoms with Gasteiger partial charge >= 0.3 is 0 Å². The molecule has 0 aliphatic rings. The molecule has 2 nitrogen and oxygen atoms in total. The minimum Gasteiger partial charge on any atom is -0.372 e. The normalized spacial score (nSPS) is 2.40. The summed E-state index contributed by atoms with van der Waals surface area (Å²) in [6.07, 6.45) is 0.250. The highest BCUT2D eigenvalue weighted by molar-refractivity contribution is 5.85. The second kappa shape index (κ2) is 27.9. The Kier molecular flexibility index (Phi) is 103. The van der Waals surface area contributed by atoms with E-state index in [1.807, 2.05) is 0 Å². The van der Waals surface area contributed by atoms with Gasteiger partial charge in [0.15, 0.2) is 17.4 Å². The van der Waals surface area contributed by atoms with Crippen LogP contribution in [0.1, 0.15) is 0 Å². The number of rotatable bonds is 0.